The highest BCUT2D eigenvalue weighted by Gasteiger charge is 1.94. The lowest BCUT2D eigenvalue weighted by atomic mass is 10.2. The topological polar surface area (TPSA) is 30.9 Å². The van der Waals surface area contributed by atoms with Gasteiger partial charge in [-0.1, -0.05) is 12.1 Å². The first-order valence-electron chi connectivity index (χ1n) is 4.32. The first-order chi connectivity index (χ1) is 6.40. The molecule has 0 amide bonds. The second-order valence-electron chi connectivity index (χ2n) is 2.96. The molecular weight excluding hydrogens is 160 g/mol. The summed E-state index contributed by atoms with van der Waals surface area (Å²) in [7, 11) is 0. The van der Waals surface area contributed by atoms with Crippen LogP contribution in [0.3, 0.4) is 0 Å². The molecule has 0 unspecified atom stereocenters. The van der Waals surface area contributed by atoms with Crippen molar-refractivity contribution in [3.8, 4) is 5.69 Å². The van der Waals surface area contributed by atoms with E-state index in [0.29, 0.717) is 6.54 Å². The lowest BCUT2D eigenvalue weighted by Crippen LogP contribution is -1.97. The summed E-state index contributed by atoms with van der Waals surface area (Å²) in [6, 6.07) is 12.2. The molecular formula is C11H12N2. The maximum atomic E-state index is 5.56. The zero-order valence-electron chi connectivity index (χ0n) is 7.35. The van der Waals surface area contributed by atoms with Crippen LogP contribution in [-0.2, 0) is 6.54 Å². The second-order valence-corrected chi connectivity index (χ2v) is 2.96. The fourth-order valence-electron chi connectivity index (χ4n) is 1.35. The Morgan fingerprint density at radius 3 is 2.54 bits per heavy atom. The average Bonchev–Trinajstić information content (AvgIpc) is 2.71. The van der Waals surface area contributed by atoms with Crippen molar-refractivity contribution in [2.45, 2.75) is 6.54 Å². The minimum Gasteiger partial charge on any atom is -0.326 e. The highest BCUT2D eigenvalue weighted by Crippen LogP contribution is 2.10. The van der Waals surface area contributed by atoms with E-state index in [1.54, 1.807) is 0 Å². The molecule has 0 bridgehead atoms. The van der Waals surface area contributed by atoms with E-state index in [1.807, 2.05) is 36.7 Å². The summed E-state index contributed by atoms with van der Waals surface area (Å²) in [5.74, 6) is 0. The van der Waals surface area contributed by atoms with Gasteiger partial charge in [0.25, 0.3) is 0 Å². The zero-order valence-corrected chi connectivity index (χ0v) is 7.35. The molecule has 0 aliphatic carbocycles. The molecule has 2 heteroatoms. The van der Waals surface area contributed by atoms with Gasteiger partial charge in [0, 0.05) is 24.6 Å². The van der Waals surface area contributed by atoms with E-state index in [9.17, 15) is 0 Å². The van der Waals surface area contributed by atoms with Crippen molar-refractivity contribution < 1.29 is 0 Å². The molecule has 1 aromatic heterocycles. The molecule has 2 rings (SSSR count). The van der Waals surface area contributed by atoms with Gasteiger partial charge in [-0.25, -0.2) is 0 Å². The summed E-state index contributed by atoms with van der Waals surface area (Å²) < 4.78 is 2.07. The Bertz CT molecular complexity index is 377. The molecule has 1 aromatic carbocycles. The van der Waals surface area contributed by atoms with Crippen LogP contribution < -0.4 is 5.73 Å². The van der Waals surface area contributed by atoms with Crippen LogP contribution in [0, 0.1) is 0 Å². The van der Waals surface area contributed by atoms with E-state index in [4.69, 9.17) is 5.73 Å². The lowest BCUT2D eigenvalue weighted by molar-refractivity contribution is 1.03. The minimum atomic E-state index is 0.592. The number of rotatable bonds is 2. The third-order valence-electron chi connectivity index (χ3n) is 2.05. The lowest BCUT2D eigenvalue weighted by Gasteiger charge is -2.04. The summed E-state index contributed by atoms with van der Waals surface area (Å²) in [4.78, 5) is 0. The summed E-state index contributed by atoms with van der Waals surface area (Å²) in [6.07, 6.45) is 4.05. The SMILES string of the molecule is NCc1cccc(-n2cccc2)c1. The molecule has 0 aliphatic heterocycles. The van der Waals surface area contributed by atoms with Gasteiger partial charge >= 0.3 is 0 Å². The van der Waals surface area contributed by atoms with Crippen molar-refractivity contribution in [3.63, 3.8) is 0 Å². The fourth-order valence-corrected chi connectivity index (χ4v) is 1.35. The molecule has 0 saturated heterocycles. The third-order valence-corrected chi connectivity index (χ3v) is 2.05. The smallest absolute Gasteiger partial charge is 0.0452 e. The number of nitrogens with two attached hydrogens (primary N) is 1. The quantitative estimate of drug-likeness (QED) is 0.737. The molecule has 0 fully saturated rings. The summed E-state index contributed by atoms with van der Waals surface area (Å²) >= 11 is 0. The van der Waals surface area contributed by atoms with Crippen LogP contribution in [0.1, 0.15) is 5.56 Å². The van der Waals surface area contributed by atoms with Crippen molar-refractivity contribution >= 4 is 0 Å². The molecule has 2 N–H and O–H groups in total. The van der Waals surface area contributed by atoms with E-state index in [1.165, 1.54) is 0 Å². The van der Waals surface area contributed by atoms with Crippen molar-refractivity contribution in [3.05, 3.63) is 54.4 Å². The Hall–Kier alpha value is -1.54. The van der Waals surface area contributed by atoms with Gasteiger partial charge in [0.15, 0.2) is 0 Å². The predicted molar refractivity (Wildman–Crippen MR) is 53.7 cm³/mol. The maximum absolute atomic E-state index is 5.56. The van der Waals surface area contributed by atoms with Crippen molar-refractivity contribution in [2.75, 3.05) is 0 Å². The average molecular weight is 172 g/mol. The van der Waals surface area contributed by atoms with Gasteiger partial charge in [0.05, 0.1) is 0 Å². The van der Waals surface area contributed by atoms with Gasteiger partial charge in [-0.15, -0.1) is 0 Å². The highest BCUT2D eigenvalue weighted by molar-refractivity contribution is 5.36. The fraction of sp³-hybridized carbons (Fsp3) is 0.0909. The molecule has 1 heterocycles. The predicted octanol–water partition coefficient (Wildman–Crippen LogP) is 1.94. The van der Waals surface area contributed by atoms with Crippen molar-refractivity contribution in [1.82, 2.24) is 4.57 Å². The van der Waals surface area contributed by atoms with Crippen LogP contribution >= 0.6 is 0 Å². The van der Waals surface area contributed by atoms with Crippen LogP contribution in [0.15, 0.2) is 48.8 Å². The first kappa shape index (κ1) is 8.08. The zero-order chi connectivity index (χ0) is 9.10. The Morgan fingerprint density at radius 1 is 1.08 bits per heavy atom. The number of nitrogens with zero attached hydrogens (tertiary/aromatic N) is 1. The number of hydrogen-bond acceptors (Lipinski definition) is 1. The van der Waals surface area contributed by atoms with Crippen LogP contribution in [-0.4, -0.2) is 4.57 Å². The van der Waals surface area contributed by atoms with Crippen LogP contribution in [0.5, 0.6) is 0 Å². The molecule has 0 aliphatic rings. The molecule has 0 saturated carbocycles. The molecule has 66 valence electrons. The van der Waals surface area contributed by atoms with Crippen LogP contribution in [0.25, 0.3) is 5.69 Å². The molecule has 0 spiro atoms. The molecule has 13 heavy (non-hydrogen) atoms. The largest absolute Gasteiger partial charge is 0.326 e. The van der Waals surface area contributed by atoms with E-state index in [-0.39, 0.29) is 0 Å². The van der Waals surface area contributed by atoms with Crippen LogP contribution in [0.2, 0.25) is 0 Å². The highest BCUT2D eigenvalue weighted by atomic mass is 14.9. The van der Waals surface area contributed by atoms with Gasteiger partial charge in [0.2, 0.25) is 0 Å². The first-order valence-corrected chi connectivity index (χ1v) is 4.32. The van der Waals surface area contributed by atoms with Gasteiger partial charge in [-0.2, -0.15) is 0 Å². The van der Waals surface area contributed by atoms with Crippen molar-refractivity contribution in [2.24, 2.45) is 5.73 Å². The maximum Gasteiger partial charge on any atom is 0.0452 e. The Morgan fingerprint density at radius 2 is 1.85 bits per heavy atom. The number of aromatic nitrogens is 1. The van der Waals surface area contributed by atoms with E-state index in [0.717, 1.165) is 11.3 Å². The van der Waals surface area contributed by atoms with E-state index < -0.39 is 0 Å². The monoisotopic (exact) mass is 172 g/mol. The minimum absolute atomic E-state index is 0.592. The standard InChI is InChI=1S/C11H12N2/c12-9-10-4-3-5-11(8-10)13-6-1-2-7-13/h1-8H,9,12H2. The van der Waals surface area contributed by atoms with Gasteiger partial charge in [0.1, 0.15) is 0 Å². The second kappa shape index (κ2) is 3.46. The Balaban J connectivity index is 2.41. The summed E-state index contributed by atoms with van der Waals surface area (Å²) in [5.41, 5.74) is 7.88. The van der Waals surface area contributed by atoms with E-state index in [2.05, 4.69) is 16.7 Å². The molecule has 2 aromatic rings. The third kappa shape index (κ3) is 1.63. The van der Waals surface area contributed by atoms with Crippen molar-refractivity contribution in [1.29, 1.82) is 0 Å². The molecule has 2 nitrogen and oxygen atoms in total. The summed E-state index contributed by atoms with van der Waals surface area (Å²) in [6.45, 7) is 0.592. The van der Waals surface area contributed by atoms with Crippen LogP contribution in [0.4, 0.5) is 0 Å². The molecule has 0 radical (unpaired) electrons. The molecule has 0 atom stereocenters. The van der Waals surface area contributed by atoms with Gasteiger partial charge < -0.3 is 10.3 Å². The van der Waals surface area contributed by atoms with Gasteiger partial charge in [-0.05, 0) is 29.8 Å². The Labute approximate surface area is 77.6 Å². The number of benzene rings is 1. The Kier molecular flexibility index (Phi) is 2.15. The summed E-state index contributed by atoms with van der Waals surface area (Å²) in [5, 5.41) is 0. The van der Waals surface area contributed by atoms with Gasteiger partial charge in [-0.3, -0.25) is 0 Å². The van der Waals surface area contributed by atoms with E-state index >= 15 is 0 Å². The normalized spacial score (nSPS) is 10.2. The number of hydrogen-bond donors (Lipinski definition) is 1.